The van der Waals surface area contributed by atoms with E-state index in [-0.39, 0.29) is 23.7 Å². The highest BCUT2D eigenvalue weighted by molar-refractivity contribution is 7.89. The van der Waals surface area contributed by atoms with Gasteiger partial charge in [0.2, 0.25) is 10.0 Å². The number of benzene rings is 1. The third-order valence-corrected chi connectivity index (χ3v) is 9.43. The van der Waals surface area contributed by atoms with Gasteiger partial charge in [0.05, 0.1) is 17.1 Å². The third kappa shape index (κ3) is 7.32. The predicted molar refractivity (Wildman–Crippen MR) is 149 cm³/mol. The molecule has 0 saturated carbocycles. The summed E-state index contributed by atoms with van der Waals surface area (Å²) < 4.78 is 82.7. The number of aromatic nitrogens is 6. The molecule has 0 spiro atoms. The Hall–Kier alpha value is -4.12. The predicted octanol–water partition coefficient (Wildman–Crippen LogP) is 3.68. The summed E-state index contributed by atoms with van der Waals surface area (Å²) in [5.74, 6) is -1.97. The number of alkyl halides is 3. The van der Waals surface area contributed by atoms with Gasteiger partial charge in [-0.25, -0.2) is 17.1 Å². The van der Waals surface area contributed by atoms with Crippen LogP contribution in [0.4, 0.5) is 17.6 Å². The van der Waals surface area contributed by atoms with Crippen LogP contribution in [0.3, 0.4) is 0 Å². The van der Waals surface area contributed by atoms with E-state index in [1.807, 2.05) is 12.1 Å². The molecule has 3 aromatic heterocycles. The van der Waals surface area contributed by atoms with Crippen LogP contribution in [0.15, 0.2) is 36.5 Å². The van der Waals surface area contributed by atoms with E-state index in [4.69, 9.17) is 0 Å². The topological polar surface area (TPSA) is 148 Å². The van der Waals surface area contributed by atoms with Gasteiger partial charge in [0, 0.05) is 48.7 Å². The SMILES string of the molecule is CC(C)S(=O)(=O)N1CC(c2cc3cc(CCCCn4cc(C(=O)NCc5cc(OC(F)(F)F)ccc5F)nn4)nnc3[nH]2)C1. The van der Waals surface area contributed by atoms with Gasteiger partial charge in [-0.05, 0) is 63.4 Å². The lowest BCUT2D eigenvalue weighted by Crippen LogP contribution is -2.50. The zero-order valence-electron chi connectivity index (χ0n) is 23.8. The van der Waals surface area contributed by atoms with Crippen LogP contribution in [-0.2, 0) is 29.5 Å². The number of halogens is 4. The van der Waals surface area contributed by atoms with Crippen LogP contribution in [0, 0.1) is 5.82 Å². The number of hydrogen-bond acceptors (Lipinski definition) is 8. The molecule has 5 rings (SSSR count). The molecule has 1 amide bonds. The van der Waals surface area contributed by atoms with Crippen LogP contribution >= 0.6 is 0 Å². The molecule has 12 nitrogen and oxygen atoms in total. The lowest BCUT2D eigenvalue weighted by Gasteiger charge is -2.38. The molecular formula is C27H30F4N8O4S. The van der Waals surface area contributed by atoms with Crippen LogP contribution in [0.5, 0.6) is 5.75 Å². The van der Waals surface area contributed by atoms with Gasteiger partial charge in [0.25, 0.3) is 5.91 Å². The number of nitrogens with zero attached hydrogens (tertiary/aromatic N) is 6. The fourth-order valence-corrected chi connectivity index (χ4v) is 6.09. The first-order valence-electron chi connectivity index (χ1n) is 13.8. The summed E-state index contributed by atoms with van der Waals surface area (Å²) in [4.78, 5) is 15.7. The second-order valence-corrected chi connectivity index (χ2v) is 13.3. The second-order valence-electron chi connectivity index (χ2n) is 10.8. The maximum atomic E-state index is 14.0. The number of rotatable bonds is 12. The van der Waals surface area contributed by atoms with Crippen molar-refractivity contribution in [2.45, 2.75) is 63.7 Å². The summed E-state index contributed by atoms with van der Waals surface area (Å²) in [5.41, 5.74) is 2.17. The number of aryl methyl sites for hydroxylation is 2. The zero-order chi connectivity index (χ0) is 31.6. The van der Waals surface area contributed by atoms with Gasteiger partial charge < -0.3 is 15.0 Å². The van der Waals surface area contributed by atoms with Crippen LogP contribution in [0.25, 0.3) is 11.0 Å². The molecule has 2 N–H and O–H groups in total. The van der Waals surface area contributed by atoms with E-state index in [2.05, 4.69) is 35.5 Å². The molecule has 0 atom stereocenters. The number of amides is 1. The molecule has 17 heteroatoms. The number of nitrogens with one attached hydrogen (secondary N) is 2. The van der Waals surface area contributed by atoms with Gasteiger partial charge >= 0.3 is 6.36 Å². The Labute approximate surface area is 249 Å². The summed E-state index contributed by atoms with van der Waals surface area (Å²) in [5, 5.41) is 19.2. The molecule has 44 heavy (non-hydrogen) atoms. The monoisotopic (exact) mass is 638 g/mol. The Morgan fingerprint density at radius 1 is 1.14 bits per heavy atom. The normalized spacial score (nSPS) is 14.7. The van der Waals surface area contributed by atoms with E-state index in [9.17, 15) is 30.8 Å². The van der Waals surface area contributed by atoms with Crippen molar-refractivity contribution >= 4 is 27.0 Å². The maximum Gasteiger partial charge on any atom is 0.573 e. The number of ether oxygens (including phenoxy) is 1. The fraction of sp³-hybridized carbons (Fsp3) is 0.444. The lowest BCUT2D eigenvalue weighted by molar-refractivity contribution is -0.274. The van der Waals surface area contributed by atoms with Gasteiger partial charge in [-0.15, -0.1) is 23.4 Å². The molecule has 0 radical (unpaired) electrons. The van der Waals surface area contributed by atoms with E-state index >= 15 is 0 Å². The number of aromatic amines is 1. The summed E-state index contributed by atoms with van der Waals surface area (Å²) in [6, 6.07) is 6.47. The molecule has 4 aromatic rings. The van der Waals surface area contributed by atoms with Gasteiger partial charge in [0.15, 0.2) is 11.3 Å². The molecule has 0 aliphatic carbocycles. The number of sulfonamides is 1. The smallest absolute Gasteiger partial charge is 0.406 e. The minimum atomic E-state index is -4.92. The van der Waals surface area contributed by atoms with Gasteiger partial charge in [0.1, 0.15) is 11.6 Å². The minimum absolute atomic E-state index is 0.0240. The number of hydrogen-bond donors (Lipinski definition) is 2. The first-order valence-corrected chi connectivity index (χ1v) is 15.4. The van der Waals surface area contributed by atoms with Crippen molar-refractivity contribution in [1.82, 2.24) is 39.8 Å². The molecule has 1 aliphatic heterocycles. The first-order chi connectivity index (χ1) is 20.8. The van der Waals surface area contributed by atoms with Gasteiger partial charge in [-0.3, -0.25) is 9.48 Å². The quantitative estimate of drug-likeness (QED) is 0.177. The molecule has 1 fully saturated rings. The number of carbonyl (C=O) groups is 1. The molecule has 1 aromatic carbocycles. The highest BCUT2D eigenvalue weighted by atomic mass is 32.2. The minimum Gasteiger partial charge on any atom is -0.406 e. The Morgan fingerprint density at radius 3 is 2.64 bits per heavy atom. The second kappa shape index (κ2) is 12.5. The summed E-state index contributed by atoms with van der Waals surface area (Å²) in [7, 11) is -3.26. The van der Waals surface area contributed by atoms with Crippen LogP contribution < -0.4 is 10.1 Å². The van der Waals surface area contributed by atoms with E-state index in [0.717, 1.165) is 41.4 Å². The van der Waals surface area contributed by atoms with Crippen molar-refractivity contribution in [3.63, 3.8) is 0 Å². The third-order valence-electron chi connectivity index (χ3n) is 7.22. The van der Waals surface area contributed by atoms with Crippen LogP contribution in [0.2, 0.25) is 0 Å². The Kier molecular flexibility index (Phi) is 8.88. The number of unbranched alkanes of at least 4 members (excludes halogenated alkanes) is 1. The van der Waals surface area contributed by atoms with Gasteiger partial charge in [-0.2, -0.15) is 5.10 Å². The zero-order valence-corrected chi connectivity index (χ0v) is 24.6. The van der Waals surface area contributed by atoms with E-state index < -0.39 is 39.1 Å². The van der Waals surface area contributed by atoms with Crippen molar-refractivity contribution in [3.8, 4) is 5.75 Å². The Morgan fingerprint density at radius 2 is 1.91 bits per heavy atom. The Bertz CT molecular complexity index is 1750. The number of H-pyrrole nitrogens is 1. The summed E-state index contributed by atoms with van der Waals surface area (Å²) in [6.45, 7) is 4.31. The molecular weight excluding hydrogens is 608 g/mol. The summed E-state index contributed by atoms with van der Waals surface area (Å²) in [6.07, 6.45) is -1.40. The highest BCUT2D eigenvalue weighted by Crippen LogP contribution is 2.32. The van der Waals surface area contributed by atoms with Crippen molar-refractivity contribution in [2.24, 2.45) is 0 Å². The van der Waals surface area contributed by atoms with Crippen molar-refractivity contribution in [1.29, 1.82) is 0 Å². The summed E-state index contributed by atoms with van der Waals surface area (Å²) >= 11 is 0. The molecule has 1 aliphatic rings. The highest BCUT2D eigenvalue weighted by Gasteiger charge is 2.38. The fourth-order valence-electron chi connectivity index (χ4n) is 4.72. The first kappa shape index (κ1) is 31.3. The Balaban J connectivity index is 1.07. The molecule has 0 bridgehead atoms. The van der Waals surface area contributed by atoms with E-state index in [0.29, 0.717) is 38.1 Å². The molecule has 236 valence electrons. The standard InChI is InChI=1S/C27H30F4N8O4S/c1-16(2)44(41,42)39-13-19(14-39)23-11-17-9-20(34-36-25(17)33-23)5-3-4-8-38-15-24(35-37-38)26(40)32-12-18-10-21(6-7-22(18)28)43-27(29,30)31/h6-7,9-11,15-16,19H,3-5,8,12-14H2,1-2H3,(H,32,40)(H,33,36). The van der Waals surface area contributed by atoms with Gasteiger partial charge in [-0.1, -0.05) is 5.21 Å². The van der Waals surface area contributed by atoms with E-state index in [1.165, 1.54) is 15.2 Å². The molecule has 0 unspecified atom stereocenters. The van der Waals surface area contributed by atoms with E-state index in [1.54, 1.807) is 13.8 Å². The average Bonchev–Trinajstić information content (AvgIpc) is 3.56. The van der Waals surface area contributed by atoms with Crippen LogP contribution in [0.1, 0.15) is 60.0 Å². The average molecular weight is 639 g/mol. The lowest BCUT2D eigenvalue weighted by atomic mass is 9.99. The number of carbonyl (C=O) groups excluding carboxylic acids is 1. The largest absolute Gasteiger partial charge is 0.573 e. The molecule has 1 saturated heterocycles. The maximum absolute atomic E-state index is 14.0. The van der Waals surface area contributed by atoms with Crippen molar-refractivity contribution < 1.29 is 35.5 Å². The van der Waals surface area contributed by atoms with Crippen molar-refractivity contribution in [3.05, 3.63) is 65.0 Å². The van der Waals surface area contributed by atoms with Crippen LogP contribution in [-0.4, -0.2) is 73.5 Å². The number of fused-ring (bicyclic) bond motifs is 1. The van der Waals surface area contributed by atoms with Crippen molar-refractivity contribution in [2.75, 3.05) is 13.1 Å². The molecule has 4 heterocycles.